The van der Waals surface area contributed by atoms with Crippen molar-refractivity contribution in [2.75, 3.05) is 5.32 Å². The predicted molar refractivity (Wildman–Crippen MR) is 106 cm³/mol. The number of ether oxygens (including phenoxy) is 1. The maximum Gasteiger partial charge on any atom is 0.361 e. The highest BCUT2D eigenvalue weighted by Gasteiger charge is 2.23. The summed E-state index contributed by atoms with van der Waals surface area (Å²) in [6.07, 6.45) is -0.997. The van der Waals surface area contributed by atoms with E-state index >= 15 is 0 Å². The summed E-state index contributed by atoms with van der Waals surface area (Å²) in [5, 5.41) is 11.6. The summed E-state index contributed by atoms with van der Waals surface area (Å²) in [5.41, 5.74) is 2.68. The molecule has 3 rings (SSSR count). The summed E-state index contributed by atoms with van der Waals surface area (Å²) in [4.78, 5) is 26.1. The molecule has 0 bridgehead atoms. The SMILES string of the molecule is Cc1cccc(NC(=O)[C@@H](C)OC(=O)c2nn(-c3cccc(Cl)c3)nc2C)c1. The lowest BCUT2D eigenvalue weighted by molar-refractivity contribution is -0.123. The molecule has 7 nitrogen and oxygen atoms in total. The van der Waals surface area contributed by atoms with Gasteiger partial charge in [0.25, 0.3) is 5.91 Å². The highest BCUT2D eigenvalue weighted by atomic mass is 35.5. The van der Waals surface area contributed by atoms with E-state index in [9.17, 15) is 9.59 Å². The largest absolute Gasteiger partial charge is 0.448 e. The zero-order chi connectivity index (χ0) is 20.3. The van der Waals surface area contributed by atoms with E-state index in [0.29, 0.717) is 22.1 Å². The lowest BCUT2D eigenvalue weighted by Gasteiger charge is -2.13. The number of benzene rings is 2. The maximum atomic E-state index is 12.5. The highest BCUT2D eigenvalue weighted by molar-refractivity contribution is 6.30. The Kier molecular flexibility index (Phi) is 5.75. The minimum absolute atomic E-state index is 0.0372. The van der Waals surface area contributed by atoms with Crippen LogP contribution in [0.5, 0.6) is 0 Å². The molecule has 8 heteroatoms. The summed E-state index contributed by atoms with van der Waals surface area (Å²) in [5.74, 6) is -1.16. The number of carbonyl (C=O) groups excluding carboxylic acids is 2. The van der Waals surface area contributed by atoms with Gasteiger partial charge < -0.3 is 10.1 Å². The van der Waals surface area contributed by atoms with E-state index in [0.717, 1.165) is 5.56 Å². The first-order chi connectivity index (χ1) is 13.3. The molecular formula is C20H19ClN4O3. The van der Waals surface area contributed by atoms with E-state index in [4.69, 9.17) is 16.3 Å². The second kappa shape index (κ2) is 8.22. The molecule has 0 aliphatic carbocycles. The van der Waals surface area contributed by atoms with E-state index in [1.54, 1.807) is 37.3 Å². The van der Waals surface area contributed by atoms with Gasteiger partial charge in [0.2, 0.25) is 0 Å². The van der Waals surface area contributed by atoms with Crippen molar-refractivity contribution in [3.05, 3.63) is 70.5 Å². The van der Waals surface area contributed by atoms with Crippen molar-refractivity contribution in [1.82, 2.24) is 15.0 Å². The van der Waals surface area contributed by atoms with Crippen molar-refractivity contribution < 1.29 is 14.3 Å². The van der Waals surface area contributed by atoms with E-state index in [1.165, 1.54) is 11.7 Å². The summed E-state index contributed by atoms with van der Waals surface area (Å²) < 4.78 is 5.26. The molecule has 1 atom stereocenters. The summed E-state index contributed by atoms with van der Waals surface area (Å²) in [7, 11) is 0. The zero-order valence-corrected chi connectivity index (χ0v) is 16.4. The average Bonchev–Trinajstić information content (AvgIpc) is 3.03. The lowest BCUT2D eigenvalue weighted by Crippen LogP contribution is -2.30. The third-order valence-corrected chi connectivity index (χ3v) is 4.19. The van der Waals surface area contributed by atoms with Crippen molar-refractivity contribution in [3.8, 4) is 5.69 Å². The smallest absolute Gasteiger partial charge is 0.361 e. The molecule has 0 unspecified atom stereocenters. The molecule has 1 heterocycles. The highest BCUT2D eigenvalue weighted by Crippen LogP contribution is 2.16. The molecule has 0 aliphatic heterocycles. The van der Waals surface area contributed by atoms with Crippen LogP contribution < -0.4 is 5.32 Å². The summed E-state index contributed by atoms with van der Waals surface area (Å²) in [6, 6.07) is 14.3. The quantitative estimate of drug-likeness (QED) is 0.662. The van der Waals surface area contributed by atoms with Crippen LogP contribution in [0.1, 0.15) is 28.7 Å². The number of aryl methyl sites for hydroxylation is 2. The van der Waals surface area contributed by atoms with E-state index in [-0.39, 0.29) is 5.69 Å². The Morgan fingerprint density at radius 2 is 1.86 bits per heavy atom. The van der Waals surface area contributed by atoms with Crippen molar-refractivity contribution in [2.45, 2.75) is 26.9 Å². The van der Waals surface area contributed by atoms with Gasteiger partial charge in [0, 0.05) is 10.7 Å². The number of amides is 1. The van der Waals surface area contributed by atoms with Crippen molar-refractivity contribution in [1.29, 1.82) is 0 Å². The Labute approximate surface area is 167 Å². The molecule has 0 aliphatic rings. The first-order valence-electron chi connectivity index (χ1n) is 8.62. The average molecular weight is 399 g/mol. The number of anilines is 1. The second-order valence-electron chi connectivity index (χ2n) is 6.31. The Morgan fingerprint density at radius 3 is 2.57 bits per heavy atom. The van der Waals surface area contributed by atoms with Crippen LogP contribution in [0.15, 0.2) is 48.5 Å². The first-order valence-corrected chi connectivity index (χ1v) is 8.99. The molecule has 1 amide bonds. The minimum atomic E-state index is -0.997. The fraction of sp³-hybridized carbons (Fsp3) is 0.200. The van der Waals surface area contributed by atoms with Crippen LogP contribution in [-0.4, -0.2) is 33.0 Å². The number of hydrogen-bond acceptors (Lipinski definition) is 5. The standard InChI is InChI=1S/C20H19ClN4O3/c1-12-6-4-8-16(10-12)22-19(26)14(3)28-20(27)18-13(2)23-25(24-18)17-9-5-7-15(21)11-17/h4-11,14H,1-3H3,(H,22,26)/t14-/m1/s1. The maximum absolute atomic E-state index is 12.5. The van der Waals surface area contributed by atoms with Crippen LogP contribution in [0.25, 0.3) is 5.69 Å². The molecule has 3 aromatic rings. The molecule has 0 saturated carbocycles. The van der Waals surface area contributed by atoms with Gasteiger partial charge in [-0.25, -0.2) is 4.79 Å². The topological polar surface area (TPSA) is 86.1 Å². The van der Waals surface area contributed by atoms with Gasteiger partial charge in [-0.15, -0.1) is 5.10 Å². The molecule has 1 aromatic heterocycles. The van der Waals surface area contributed by atoms with Crippen LogP contribution in [0, 0.1) is 13.8 Å². The number of hydrogen-bond donors (Lipinski definition) is 1. The van der Waals surface area contributed by atoms with Gasteiger partial charge in [-0.3, -0.25) is 4.79 Å². The monoisotopic (exact) mass is 398 g/mol. The molecule has 144 valence electrons. The van der Waals surface area contributed by atoms with E-state index in [2.05, 4.69) is 15.5 Å². The molecule has 2 aromatic carbocycles. The van der Waals surface area contributed by atoms with Crippen molar-refractivity contribution >= 4 is 29.2 Å². The fourth-order valence-corrected chi connectivity index (χ4v) is 2.70. The Hall–Kier alpha value is -3.19. The van der Waals surface area contributed by atoms with Gasteiger partial charge in [0.15, 0.2) is 11.8 Å². The molecule has 0 radical (unpaired) electrons. The van der Waals surface area contributed by atoms with Gasteiger partial charge in [0.1, 0.15) is 0 Å². The third-order valence-electron chi connectivity index (χ3n) is 3.95. The van der Waals surface area contributed by atoms with Crippen LogP contribution in [0.3, 0.4) is 0 Å². The van der Waals surface area contributed by atoms with Crippen molar-refractivity contribution in [3.63, 3.8) is 0 Å². The third kappa shape index (κ3) is 4.55. The Balaban J connectivity index is 1.69. The first kappa shape index (κ1) is 19.6. The number of nitrogens with zero attached hydrogens (tertiary/aromatic N) is 3. The van der Waals surface area contributed by atoms with Gasteiger partial charge >= 0.3 is 5.97 Å². The van der Waals surface area contributed by atoms with Gasteiger partial charge in [0.05, 0.1) is 11.4 Å². The van der Waals surface area contributed by atoms with Gasteiger partial charge in [-0.2, -0.15) is 9.90 Å². The van der Waals surface area contributed by atoms with Gasteiger partial charge in [-0.1, -0.05) is 29.8 Å². The fourth-order valence-electron chi connectivity index (χ4n) is 2.52. The lowest BCUT2D eigenvalue weighted by atomic mass is 10.2. The molecule has 28 heavy (non-hydrogen) atoms. The Morgan fingerprint density at radius 1 is 1.11 bits per heavy atom. The molecular weight excluding hydrogens is 380 g/mol. The van der Waals surface area contributed by atoms with Crippen LogP contribution in [-0.2, 0) is 9.53 Å². The normalized spacial score (nSPS) is 11.7. The Bertz CT molecular complexity index is 1030. The number of aromatic nitrogens is 3. The van der Waals surface area contributed by atoms with Gasteiger partial charge in [-0.05, 0) is 56.7 Å². The number of carbonyl (C=O) groups is 2. The molecule has 0 spiro atoms. The van der Waals surface area contributed by atoms with Crippen molar-refractivity contribution in [2.24, 2.45) is 0 Å². The minimum Gasteiger partial charge on any atom is -0.448 e. The predicted octanol–water partition coefficient (Wildman–Crippen LogP) is 3.72. The van der Waals surface area contributed by atoms with Crippen LogP contribution in [0.2, 0.25) is 5.02 Å². The summed E-state index contributed by atoms with van der Waals surface area (Å²) in [6.45, 7) is 5.06. The molecule has 0 saturated heterocycles. The van der Waals surface area contributed by atoms with Crippen LogP contribution in [0.4, 0.5) is 5.69 Å². The van der Waals surface area contributed by atoms with E-state index < -0.39 is 18.0 Å². The number of halogens is 1. The van der Waals surface area contributed by atoms with Crippen LogP contribution >= 0.6 is 11.6 Å². The molecule has 0 fully saturated rings. The zero-order valence-electron chi connectivity index (χ0n) is 15.6. The molecule has 1 N–H and O–H groups in total. The number of rotatable bonds is 5. The number of nitrogens with one attached hydrogen (secondary N) is 1. The van der Waals surface area contributed by atoms with E-state index in [1.807, 2.05) is 25.1 Å². The number of esters is 1. The second-order valence-corrected chi connectivity index (χ2v) is 6.75. The summed E-state index contributed by atoms with van der Waals surface area (Å²) >= 11 is 5.98.